The maximum absolute atomic E-state index is 11.1. The highest BCUT2D eigenvalue weighted by Crippen LogP contribution is 2.20. The van der Waals surface area contributed by atoms with Gasteiger partial charge in [0, 0.05) is 13.1 Å². The molecule has 0 aromatic heterocycles. The van der Waals surface area contributed by atoms with Gasteiger partial charge in [0.1, 0.15) is 5.54 Å². The second kappa shape index (κ2) is 4.94. The maximum atomic E-state index is 11.1. The predicted molar refractivity (Wildman–Crippen MR) is 59.9 cm³/mol. The van der Waals surface area contributed by atoms with E-state index in [9.17, 15) is 4.79 Å². The van der Waals surface area contributed by atoms with Crippen LogP contribution in [0.25, 0.3) is 0 Å². The Morgan fingerprint density at radius 2 is 2.33 bits per heavy atom. The fourth-order valence-corrected chi connectivity index (χ4v) is 2.09. The molecule has 0 saturated carbocycles. The summed E-state index contributed by atoms with van der Waals surface area (Å²) >= 11 is 0. The van der Waals surface area contributed by atoms with Gasteiger partial charge < -0.3 is 15.3 Å². The van der Waals surface area contributed by atoms with Crippen LogP contribution in [0.4, 0.5) is 0 Å². The summed E-state index contributed by atoms with van der Waals surface area (Å²) < 4.78 is 0. The van der Waals surface area contributed by atoms with Crippen molar-refractivity contribution in [2.45, 2.75) is 32.2 Å². The largest absolute Gasteiger partial charge is 0.480 e. The Morgan fingerprint density at radius 3 is 2.73 bits per heavy atom. The molecule has 1 rings (SSSR count). The quantitative estimate of drug-likeness (QED) is 0.710. The van der Waals surface area contributed by atoms with E-state index in [0.29, 0.717) is 6.54 Å². The number of rotatable bonds is 5. The van der Waals surface area contributed by atoms with Gasteiger partial charge in [-0.05, 0) is 32.9 Å². The molecule has 0 aromatic carbocycles. The van der Waals surface area contributed by atoms with Crippen LogP contribution in [0.5, 0.6) is 0 Å². The van der Waals surface area contributed by atoms with Crippen molar-refractivity contribution < 1.29 is 9.90 Å². The van der Waals surface area contributed by atoms with Gasteiger partial charge in [0.25, 0.3) is 0 Å². The van der Waals surface area contributed by atoms with Gasteiger partial charge in [0.15, 0.2) is 0 Å². The lowest BCUT2D eigenvalue weighted by Gasteiger charge is -2.29. The van der Waals surface area contributed by atoms with Gasteiger partial charge in [0.05, 0.1) is 0 Å². The van der Waals surface area contributed by atoms with Crippen molar-refractivity contribution in [3.63, 3.8) is 0 Å². The van der Waals surface area contributed by atoms with Crippen molar-refractivity contribution in [2.75, 3.05) is 26.7 Å². The van der Waals surface area contributed by atoms with Crippen molar-refractivity contribution in [1.29, 1.82) is 0 Å². The highest BCUT2D eigenvalue weighted by Gasteiger charge is 2.35. The minimum atomic E-state index is -0.817. The van der Waals surface area contributed by atoms with Gasteiger partial charge in [0.2, 0.25) is 0 Å². The zero-order chi connectivity index (χ0) is 11.5. The third-order valence-corrected chi connectivity index (χ3v) is 3.51. The Hall–Kier alpha value is -0.610. The van der Waals surface area contributed by atoms with Crippen LogP contribution in [0, 0.1) is 5.92 Å². The van der Waals surface area contributed by atoms with E-state index < -0.39 is 11.5 Å². The Labute approximate surface area is 91.6 Å². The first-order chi connectivity index (χ1) is 7.01. The number of carboxylic acids is 1. The van der Waals surface area contributed by atoms with Crippen LogP contribution in [-0.4, -0.2) is 48.2 Å². The summed E-state index contributed by atoms with van der Waals surface area (Å²) in [5, 5.41) is 12.0. The molecule has 0 amide bonds. The molecule has 0 aliphatic carbocycles. The highest BCUT2D eigenvalue weighted by atomic mass is 16.4. The number of likely N-dealkylation sites (N-methyl/N-ethyl adjacent to an activating group) is 1. The van der Waals surface area contributed by atoms with Crippen molar-refractivity contribution >= 4 is 5.97 Å². The highest BCUT2D eigenvalue weighted by molar-refractivity contribution is 5.78. The molecule has 15 heavy (non-hydrogen) atoms. The first-order valence-corrected chi connectivity index (χ1v) is 5.66. The van der Waals surface area contributed by atoms with Crippen LogP contribution in [0.2, 0.25) is 0 Å². The molecule has 0 bridgehead atoms. The van der Waals surface area contributed by atoms with E-state index in [4.69, 9.17) is 5.11 Å². The molecule has 88 valence electrons. The second-order valence-electron chi connectivity index (χ2n) is 4.69. The van der Waals surface area contributed by atoms with Gasteiger partial charge >= 0.3 is 5.97 Å². The molecule has 1 aliphatic heterocycles. The lowest BCUT2D eigenvalue weighted by molar-refractivity contribution is -0.144. The molecule has 1 aliphatic rings. The van der Waals surface area contributed by atoms with Crippen LogP contribution < -0.4 is 5.32 Å². The van der Waals surface area contributed by atoms with Crippen LogP contribution in [0.1, 0.15) is 26.7 Å². The molecule has 2 N–H and O–H groups in total. The summed E-state index contributed by atoms with van der Waals surface area (Å²) in [5.41, 5.74) is -0.817. The van der Waals surface area contributed by atoms with E-state index in [-0.39, 0.29) is 0 Å². The van der Waals surface area contributed by atoms with Gasteiger partial charge in [-0.15, -0.1) is 0 Å². The molecule has 4 nitrogen and oxygen atoms in total. The molecule has 2 atom stereocenters. The normalized spacial score (nSPS) is 26.5. The summed E-state index contributed by atoms with van der Waals surface area (Å²) in [6, 6.07) is 0. The van der Waals surface area contributed by atoms with Gasteiger partial charge in [-0.2, -0.15) is 0 Å². The minimum absolute atomic E-state index is 0.593. The second-order valence-corrected chi connectivity index (χ2v) is 4.69. The van der Waals surface area contributed by atoms with E-state index in [1.807, 2.05) is 0 Å². The Bertz CT molecular complexity index is 233. The molecular formula is C11H22N2O2. The van der Waals surface area contributed by atoms with Crippen LogP contribution in [0.15, 0.2) is 0 Å². The van der Waals surface area contributed by atoms with Gasteiger partial charge in [-0.1, -0.05) is 13.3 Å². The molecule has 1 saturated heterocycles. The monoisotopic (exact) mass is 214 g/mol. The summed E-state index contributed by atoms with van der Waals surface area (Å²) in [4.78, 5) is 13.4. The number of hydrogen-bond donors (Lipinski definition) is 2. The summed E-state index contributed by atoms with van der Waals surface area (Å²) in [5.74, 6) is -0.0233. The summed E-state index contributed by atoms with van der Waals surface area (Å²) in [7, 11) is 1.71. The molecule has 0 aromatic rings. The lowest BCUT2D eigenvalue weighted by atomic mass is 10.0. The van der Waals surface area contributed by atoms with Crippen LogP contribution in [0.3, 0.4) is 0 Å². The fourth-order valence-electron chi connectivity index (χ4n) is 2.09. The number of aliphatic carboxylic acids is 1. The Morgan fingerprint density at radius 1 is 1.67 bits per heavy atom. The minimum Gasteiger partial charge on any atom is -0.480 e. The summed E-state index contributed by atoms with van der Waals surface area (Å²) in [6.07, 6.45) is 2.40. The maximum Gasteiger partial charge on any atom is 0.324 e. The molecule has 1 heterocycles. The number of likely N-dealkylation sites (tertiary alicyclic amines) is 1. The number of hydrogen-bond acceptors (Lipinski definition) is 3. The first kappa shape index (κ1) is 12.5. The summed E-state index contributed by atoms with van der Waals surface area (Å²) in [6.45, 7) is 6.61. The third kappa shape index (κ3) is 2.92. The zero-order valence-corrected chi connectivity index (χ0v) is 9.92. The third-order valence-electron chi connectivity index (χ3n) is 3.51. The molecule has 4 heteroatoms. The number of nitrogens with one attached hydrogen (secondary N) is 1. The van der Waals surface area contributed by atoms with E-state index >= 15 is 0 Å². The van der Waals surface area contributed by atoms with E-state index in [0.717, 1.165) is 19.0 Å². The molecule has 1 fully saturated rings. The van der Waals surface area contributed by atoms with Crippen molar-refractivity contribution in [1.82, 2.24) is 10.2 Å². The standard InChI is InChI=1S/C11H22N2O2/c1-4-9-5-6-13(7-9)8-11(2,12-3)10(14)15/h9,12H,4-8H2,1-3H3,(H,14,15). The molecule has 2 unspecified atom stereocenters. The Balaban J connectivity index is 2.50. The lowest BCUT2D eigenvalue weighted by Crippen LogP contribution is -2.55. The smallest absolute Gasteiger partial charge is 0.324 e. The fraction of sp³-hybridized carbons (Fsp3) is 0.909. The predicted octanol–water partition coefficient (Wildman–Crippen LogP) is 0.781. The van der Waals surface area contributed by atoms with E-state index in [2.05, 4.69) is 17.1 Å². The SMILES string of the molecule is CCC1CCN(CC(C)(NC)C(=O)O)C1. The Kier molecular flexibility index (Phi) is 4.11. The van der Waals surface area contributed by atoms with Gasteiger partial charge in [-0.3, -0.25) is 4.79 Å². The van der Waals surface area contributed by atoms with Crippen LogP contribution >= 0.6 is 0 Å². The topological polar surface area (TPSA) is 52.6 Å². The van der Waals surface area contributed by atoms with Crippen molar-refractivity contribution in [3.8, 4) is 0 Å². The van der Waals surface area contributed by atoms with Crippen molar-refractivity contribution in [2.24, 2.45) is 5.92 Å². The van der Waals surface area contributed by atoms with Gasteiger partial charge in [-0.25, -0.2) is 0 Å². The first-order valence-electron chi connectivity index (χ1n) is 5.66. The van der Waals surface area contributed by atoms with Crippen LogP contribution in [-0.2, 0) is 4.79 Å². The van der Waals surface area contributed by atoms with Crippen molar-refractivity contribution in [3.05, 3.63) is 0 Å². The molecular weight excluding hydrogens is 192 g/mol. The molecule has 0 spiro atoms. The van der Waals surface area contributed by atoms with E-state index in [1.54, 1.807) is 14.0 Å². The van der Waals surface area contributed by atoms with E-state index in [1.165, 1.54) is 12.8 Å². The average Bonchev–Trinajstić information content (AvgIpc) is 2.65. The number of carboxylic acid groups (broad SMARTS) is 1. The number of nitrogens with zero attached hydrogens (tertiary/aromatic N) is 1. The number of carbonyl (C=O) groups is 1. The average molecular weight is 214 g/mol. The molecule has 0 radical (unpaired) electrons. The zero-order valence-electron chi connectivity index (χ0n) is 9.92.